The zero-order valence-electron chi connectivity index (χ0n) is 21.3. The summed E-state index contributed by atoms with van der Waals surface area (Å²) in [5.41, 5.74) is 6.00. The van der Waals surface area contributed by atoms with Gasteiger partial charge in [-0.15, -0.1) is 0 Å². The van der Waals surface area contributed by atoms with Crippen LogP contribution in [0.25, 0.3) is 11.1 Å². The first-order valence-electron chi connectivity index (χ1n) is 13.4. The van der Waals surface area contributed by atoms with Crippen LogP contribution in [0.2, 0.25) is 0 Å². The fourth-order valence-electron chi connectivity index (χ4n) is 5.95. The van der Waals surface area contributed by atoms with Crippen LogP contribution in [-0.2, 0) is 22.7 Å². The Labute approximate surface area is 229 Å². The normalized spacial score (nSPS) is 22.8. The van der Waals surface area contributed by atoms with Crippen molar-refractivity contribution in [3.8, 4) is 11.1 Å². The van der Waals surface area contributed by atoms with Gasteiger partial charge in [-0.05, 0) is 53.6 Å². The van der Waals surface area contributed by atoms with E-state index in [2.05, 4.69) is 73.9 Å². The Balaban J connectivity index is 1.05. The lowest BCUT2D eigenvalue weighted by molar-refractivity contribution is -0.137. The number of piperidine rings is 2. The van der Waals surface area contributed by atoms with Gasteiger partial charge in [0, 0.05) is 50.4 Å². The summed E-state index contributed by atoms with van der Waals surface area (Å²) in [5, 5.41) is 6.06. The molecule has 38 heavy (non-hydrogen) atoms. The highest BCUT2D eigenvalue weighted by Crippen LogP contribution is 2.39. The topological polar surface area (TPSA) is 77.6 Å². The Morgan fingerprint density at radius 1 is 1.00 bits per heavy atom. The molecule has 7 nitrogen and oxygen atoms in total. The van der Waals surface area contributed by atoms with E-state index in [1.54, 1.807) is 0 Å². The molecule has 8 heteroatoms. The van der Waals surface area contributed by atoms with Gasteiger partial charge >= 0.3 is 0 Å². The van der Waals surface area contributed by atoms with Crippen LogP contribution in [0.15, 0.2) is 66.9 Å². The fourth-order valence-corrected chi connectivity index (χ4v) is 6.44. The molecule has 0 aliphatic carbocycles. The average molecular weight is 528 g/mol. The third kappa shape index (κ3) is 5.21. The molecule has 196 valence electrons. The molecule has 1 aromatic heterocycles. The highest BCUT2D eigenvalue weighted by molar-refractivity contribution is 7.80. The van der Waals surface area contributed by atoms with Crippen molar-refractivity contribution < 1.29 is 9.59 Å². The van der Waals surface area contributed by atoms with E-state index >= 15 is 0 Å². The third-order valence-electron chi connectivity index (χ3n) is 7.99. The minimum absolute atomic E-state index is 0.128. The molecule has 6 rings (SSSR count). The summed E-state index contributed by atoms with van der Waals surface area (Å²) >= 11 is 4.82. The number of carbonyl (C=O) groups excluding carboxylic acids is 2. The van der Waals surface area contributed by atoms with Crippen LogP contribution in [0.4, 0.5) is 5.82 Å². The fraction of sp³-hybridized carbons (Fsp3) is 0.367. The zero-order valence-corrected chi connectivity index (χ0v) is 22.2. The van der Waals surface area contributed by atoms with Crippen LogP contribution < -0.4 is 10.6 Å². The van der Waals surface area contributed by atoms with Gasteiger partial charge in [-0.25, -0.2) is 4.98 Å². The van der Waals surface area contributed by atoms with Crippen LogP contribution in [-0.4, -0.2) is 51.8 Å². The van der Waals surface area contributed by atoms with Gasteiger partial charge in [-0.3, -0.25) is 24.7 Å². The number of carbonyl (C=O) groups is 2. The molecule has 0 spiro atoms. The monoisotopic (exact) mass is 527 g/mol. The number of rotatable bonds is 6. The predicted octanol–water partition coefficient (Wildman–Crippen LogP) is 4.37. The van der Waals surface area contributed by atoms with E-state index in [0.29, 0.717) is 25.4 Å². The van der Waals surface area contributed by atoms with Crippen LogP contribution in [0.1, 0.15) is 47.7 Å². The second-order valence-corrected chi connectivity index (χ2v) is 11.0. The number of aromatic nitrogens is 1. The lowest BCUT2D eigenvalue weighted by Crippen LogP contribution is -2.51. The Bertz CT molecular complexity index is 1330. The second-order valence-electron chi connectivity index (χ2n) is 10.5. The Kier molecular flexibility index (Phi) is 7.19. The summed E-state index contributed by atoms with van der Waals surface area (Å²) in [6.45, 7) is 3.65. The molecule has 2 N–H and O–H groups in total. The average Bonchev–Trinajstić information content (AvgIpc) is 3.26. The molecule has 2 aromatic carbocycles. The smallest absolute Gasteiger partial charge is 0.243 e. The van der Waals surface area contributed by atoms with E-state index in [9.17, 15) is 9.59 Å². The van der Waals surface area contributed by atoms with Crippen molar-refractivity contribution in [3.63, 3.8) is 0 Å². The number of imide groups is 1. The summed E-state index contributed by atoms with van der Waals surface area (Å²) < 4.78 is 0. The third-order valence-corrected chi connectivity index (χ3v) is 8.56. The second kappa shape index (κ2) is 10.9. The molecule has 2 fully saturated rings. The first-order valence-corrected chi connectivity index (χ1v) is 14.0. The van der Waals surface area contributed by atoms with Crippen molar-refractivity contribution in [3.05, 3.63) is 83.6 Å². The number of hydrogen-bond donors (Lipinski definition) is 3. The van der Waals surface area contributed by atoms with Crippen molar-refractivity contribution in [1.29, 1.82) is 0 Å². The highest BCUT2D eigenvalue weighted by atomic mass is 32.1. The predicted molar refractivity (Wildman–Crippen MR) is 151 cm³/mol. The van der Waals surface area contributed by atoms with Crippen LogP contribution in [0, 0.1) is 0 Å². The quantitative estimate of drug-likeness (QED) is 0.326. The SMILES string of the molecule is O=C1CCC(N2Cc3cc(CN4CCC(Nc5ncccc5-c5ccccc5)CC4)ccc3C2S)C(=O)N1. The molecule has 0 radical (unpaired) electrons. The molecule has 2 unspecified atom stereocenters. The zero-order chi connectivity index (χ0) is 26.1. The molecule has 3 aliphatic rings. The van der Waals surface area contributed by atoms with Crippen molar-refractivity contribution in [2.24, 2.45) is 0 Å². The van der Waals surface area contributed by atoms with Gasteiger partial charge in [-0.1, -0.05) is 48.5 Å². The van der Waals surface area contributed by atoms with E-state index in [1.807, 2.05) is 18.3 Å². The number of fused-ring (bicyclic) bond motifs is 1. The number of hydrogen-bond acceptors (Lipinski definition) is 7. The molecule has 3 aromatic rings. The summed E-state index contributed by atoms with van der Waals surface area (Å²) in [4.78, 5) is 33.3. The minimum Gasteiger partial charge on any atom is -0.367 e. The van der Waals surface area contributed by atoms with Crippen molar-refractivity contribution in [1.82, 2.24) is 20.1 Å². The number of amides is 2. The number of anilines is 1. The number of benzene rings is 2. The van der Waals surface area contributed by atoms with E-state index in [1.165, 1.54) is 16.7 Å². The molecule has 0 bridgehead atoms. The molecular weight excluding hydrogens is 494 g/mol. The van der Waals surface area contributed by atoms with Gasteiger partial charge < -0.3 is 5.32 Å². The minimum atomic E-state index is -0.306. The molecule has 2 amide bonds. The van der Waals surface area contributed by atoms with E-state index < -0.39 is 0 Å². The molecule has 2 atom stereocenters. The van der Waals surface area contributed by atoms with Crippen LogP contribution >= 0.6 is 12.6 Å². The van der Waals surface area contributed by atoms with E-state index in [-0.39, 0.29) is 23.2 Å². The van der Waals surface area contributed by atoms with Crippen molar-refractivity contribution in [2.75, 3.05) is 18.4 Å². The Morgan fingerprint density at radius 2 is 1.82 bits per heavy atom. The van der Waals surface area contributed by atoms with Crippen LogP contribution in [0.3, 0.4) is 0 Å². The summed E-state index contributed by atoms with van der Waals surface area (Å²) in [5.74, 6) is 0.570. The van der Waals surface area contributed by atoms with Crippen molar-refractivity contribution in [2.45, 2.75) is 56.2 Å². The van der Waals surface area contributed by atoms with Gasteiger partial charge in [0.15, 0.2) is 0 Å². The number of likely N-dealkylation sites (tertiary alicyclic amines) is 1. The maximum Gasteiger partial charge on any atom is 0.243 e. The van der Waals surface area contributed by atoms with Gasteiger partial charge in [0.2, 0.25) is 11.8 Å². The lowest BCUT2D eigenvalue weighted by Gasteiger charge is -2.33. The first-order chi connectivity index (χ1) is 18.5. The summed E-state index contributed by atoms with van der Waals surface area (Å²) in [6, 6.07) is 21.3. The van der Waals surface area contributed by atoms with Crippen molar-refractivity contribution >= 4 is 30.3 Å². The summed E-state index contributed by atoms with van der Waals surface area (Å²) in [7, 11) is 0. The van der Waals surface area contributed by atoms with Gasteiger partial charge in [0.05, 0.1) is 11.4 Å². The number of thiol groups is 1. The number of nitrogens with one attached hydrogen (secondary N) is 2. The van der Waals surface area contributed by atoms with Gasteiger partial charge in [0.1, 0.15) is 5.82 Å². The maximum atomic E-state index is 12.4. The van der Waals surface area contributed by atoms with Crippen LogP contribution in [0.5, 0.6) is 0 Å². The molecule has 3 aliphatic heterocycles. The summed E-state index contributed by atoms with van der Waals surface area (Å²) in [6.07, 6.45) is 4.93. The standard InChI is InChI=1S/C30H33N5O2S/c36-27-11-10-26(29(37)33-27)35-19-22-17-20(8-9-25(22)30(35)38)18-34-15-12-23(13-16-34)32-28-24(7-4-14-31-28)21-5-2-1-3-6-21/h1-9,14,17,23,26,30,38H,10-13,15-16,18-19H2,(H,31,32)(H,33,36,37). The largest absolute Gasteiger partial charge is 0.367 e. The maximum absolute atomic E-state index is 12.4. The molecule has 2 saturated heterocycles. The number of nitrogens with zero attached hydrogens (tertiary/aromatic N) is 3. The highest BCUT2D eigenvalue weighted by Gasteiger charge is 2.39. The van der Waals surface area contributed by atoms with Gasteiger partial charge in [-0.2, -0.15) is 12.6 Å². The first kappa shape index (κ1) is 25.1. The molecule has 4 heterocycles. The van der Waals surface area contributed by atoms with E-state index in [4.69, 9.17) is 12.6 Å². The molecule has 0 saturated carbocycles. The number of pyridine rings is 1. The Morgan fingerprint density at radius 3 is 2.61 bits per heavy atom. The molecular formula is C30H33N5O2S. The van der Waals surface area contributed by atoms with Gasteiger partial charge in [0.25, 0.3) is 0 Å². The Hall–Kier alpha value is -3.20. The lowest BCUT2D eigenvalue weighted by atomic mass is 10.0. The van der Waals surface area contributed by atoms with E-state index in [0.717, 1.165) is 49.4 Å².